The van der Waals surface area contributed by atoms with Gasteiger partial charge in [-0.3, -0.25) is 14.6 Å². The third-order valence-corrected chi connectivity index (χ3v) is 4.07. The number of aromatic nitrogens is 1. The molecule has 0 atom stereocenters. The first-order valence-corrected chi connectivity index (χ1v) is 8.04. The Hall–Kier alpha value is -1.91. The number of hydrogen-bond acceptors (Lipinski definition) is 3. The number of amides is 2. The van der Waals surface area contributed by atoms with Crippen molar-refractivity contribution < 1.29 is 9.59 Å². The smallest absolute Gasteiger partial charge is 0.223 e. The molecule has 1 aliphatic carbocycles. The van der Waals surface area contributed by atoms with Crippen molar-refractivity contribution in [3.63, 3.8) is 0 Å². The third kappa shape index (κ3) is 4.83. The van der Waals surface area contributed by atoms with Gasteiger partial charge in [-0.15, -0.1) is 0 Å². The summed E-state index contributed by atoms with van der Waals surface area (Å²) in [6.07, 6.45) is 4.87. The van der Waals surface area contributed by atoms with E-state index in [1.807, 2.05) is 32.0 Å². The second kappa shape index (κ2) is 7.92. The van der Waals surface area contributed by atoms with Crippen LogP contribution in [0.1, 0.15) is 45.2 Å². The fourth-order valence-corrected chi connectivity index (χ4v) is 2.84. The van der Waals surface area contributed by atoms with E-state index in [9.17, 15) is 9.59 Å². The van der Waals surface area contributed by atoms with Crippen molar-refractivity contribution in [1.29, 1.82) is 0 Å². The summed E-state index contributed by atoms with van der Waals surface area (Å²) in [7, 11) is 0. The van der Waals surface area contributed by atoms with Gasteiger partial charge in [0.05, 0.1) is 12.2 Å². The van der Waals surface area contributed by atoms with Gasteiger partial charge in [0.15, 0.2) is 0 Å². The minimum absolute atomic E-state index is 0.0202. The minimum Gasteiger partial charge on any atom is -0.354 e. The quantitative estimate of drug-likeness (QED) is 0.874. The number of hydrogen-bond donors (Lipinski definition) is 2. The van der Waals surface area contributed by atoms with Crippen LogP contribution >= 0.6 is 0 Å². The number of carbonyl (C=O) groups excluding carboxylic acids is 2. The molecule has 0 saturated heterocycles. The van der Waals surface area contributed by atoms with Gasteiger partial charge < -0.3 is 10.6 Å². The van der Waals surface area contributed by atoms with E-state index in [1.165, 1.54) is 0 Å². The van der Waals surface area contributed by atoms with E-state index >= 15 is 0 Å². The predicted octanol–water partition coefficient (Wildman–Crippen LogP) is 2.03. The molecule has 0 aliphatic heterocycles. The fourth-order valence-electron chi connectivity index (χ4n) is 2.84. The van der Waals surface area contributed by atoms with E-state index in [1.54, 1.807) is 6.20 Å². The lowest BCUT2D eigenvalue weighted by Crippen LogP contribution is -2.39. The topological polar surface area (TPSA) is 71.1 Å². The second-order valence-electron chi connectivity index (χ2n) is 6.25. The van der Waals surface area contributed by atoms with Crippen LogP contribution in [0.4, 0.5) is 0 Å². The van der Waals surface area contributed by atoms with Crippen molar-refractivity contribution in [2.45, 2.75) is 52.1 Å². The lowest BCUT2D eigenvalue weighted by molar-refractivity contribution is -0.130. The van der Waals surface area contributed by atoms with Crippen molar-refractivity contribution in [2.75, 3.05) is 0 Å². The lowest BCUT2D eigenvalue weighted by Gasteiger charge is -2.27. The number of carbonyl (C=O) groups is 2. The van der Waals surface area contributed by atoms with Gasteiger partial charge in [-0.05, 0) is 51.7 Å². The molecule has 0 aromatic carbocycles. The summed E-state index contributed by atoms with van der Waals surface area (Å²) < 4.78 is 0. The maximum absolute atomic E-state index is 12.2. The van der Waals surface area contributed by atoms with Crippen molar-refractivity contribution in [3.05, 3.63) is 30.1 Å². The Balaban J connectivity index is 1.74. The van der Waals surface area contributed by atoms with Gasteiger partial charge >= 0.3 is 0 Å². The first kappa shape index (κ1) is 16.5. The highest BCUT2D eigenvalue weighted by Crippen LogP contribution is 2.29. The monoisotopic (exact) mass is 303 g/mol. The maximum Gasteiger partial charge on any atom is 0.223 e. The van der Waals surface area contributed by atoms with Crippen LogP contribution in [0, 0.1) is 11.8 Å². The van der Waals surface area contributed by atoms with Crippen molar-refractivity contribution in [3.8, 4) is 0 Å². The zero-order valence-corrected chi connectivity index (χ0v) is 13.3. The van der Waals surface area contributed by atoms with Gasteiger partial charge in [0, 0.05) is 24.1 Å². The molecule has 22 heavy (non-hydrogen) atoms. The van der Waals surface area contributed by atoms with E-state index in [4.69, 9.17) is 0 Å². The second-order valence-corrected chi connectivity index (χ2v) is 6.25. The minimum atomic E-state index is 0.0202. The van der Waals surface area contributed by atoms with Crippen LogP contribution in [0.15, 0.2) is 24.4 Å². The van der Waals surface area contributed by atoms with Crippen LogP contribution in [0.2, 0.25) is 0 Å². The molecule has 5 heteroatoms. The molecule has 0 bridgehead atoms. The van der Waals surface area contributed by atoms with Crippen molar-refractivity contribution in [1.82, 2.24) is 15.6 Å². The Labute approximate surface area is 131 Å². The SMILES string of the molecule is CC(C)NC(=O)C1CCC(C(=O)NCc2ccccn2)CC1. The maximum atomic E-state index is 12.2. The zero-order valence-electron chi connectivity index (χ0n) is 13.3. The van der Waals surface area contributed by atoms with Crippen molar-refractivity contribution in [2.24, 2.45) is 11.8 Å². The highest BCUT2D eigenvalue weighted by atomic mass is 16.2. The molecular weight excluding hydrogens is 278 g/mol. The normalized spacial score (nSPS) is 21.4. The average Bonchev–Trinajstić information content (AvgIpc) is 2.53. The number of nitrogens with zero attached hydrogens (tertiary/aromatic N) is 1. The number of rotatable bonds is 5. The van der Waals surface area contributed by atoms with E-state index in [-0.39, 0.29) is 29.7 Å². The Morgan fingerprint density at radius 2 is 1.77 bits per heavy atom. The predicted molar refractivity (Wildman–Crippen MR) is 84.8 cm³/mol. The zero-order chi connectivity index (χ0) is 15.9. The van der Waals surface area contributed by atoms with Gasteiger partial charge in [-0.25, -0.2) is 0 Å². The Bertz CT molecular complexity index is 494. The van der Waals surface area contributed by atoms with Gasteiger partial charge in [-0.1, -0.05) is 6.07 Å². The number of nitrogens with one attached hydrogen (secondary N) is 2. The van der Waals surface area contributed by atoms with E-state index < -0.39 is 0 Å². The summed E-state index contributed by atoms with van der Waals surface area (Å²) in [5.74, 6) is 0.282. The summed E-state index contributed by atoms with van der Waals surface area (Å²) in [6.45, 7) is 4.40. The molecule has 0 radical (unpaired) electrons. The summed E-state index contributed by atoms with van der Waals surface area (Å²) in [5, 5.41) is 5.90. The third-order valence-electron chi connectivity index (χ3n) is 4.07. The van der Waals surface area contributed by atoms with Crippen LogP contribution in [0.5, 0.6) is 0 Å². The molecule has 1 heterocycles. The van der Waals surface area contributed by atoms with Crippen LogP contribution < -0.4 is 10.6 Å². The molecule has 2 N–H and O–H groups in total. The Morgan fingerprint density at radius 1 is 1.14 bits per heavy atom. The van der Waals surface area contributed by atoms with Gasteiger partial charge in [0.25, 0.3) is 0 Å². The Kier molecular flexibility index (Phi) is 5.92. The molecule has 120 valence electrons. The van der Waals surface area contributed by atoms with Crippen molar-refractivity contribution >= 4 is 11.8 Å². The van der Waals surface area contributed by atoms with Gasteiger partial charge in [0.2, 0.25) is 11.8 Å². The molecular formula is C17H25N3O2. The summed E-state index contributed by atoms with van der Waals surface area (Å²) in [4.78, 5) is 28.4. The average molecular weight is 303 g/mol. The first-order chi connectivity index (χ1) is 10.6. The molecule has 0 spiro atoms. The standard InChI is InChI=1S/C17H25N3O2/c1-12(2)20-17(22)14-8-6-13(7-9-14)16(21)19-11-15-5-3-4-10-18-15/h3-5,10,12-14H,6-9,11H2,1-2H3,(H,19,21)(H,20,22). The molecule has 0 unspecified atom stereocenters. The van der Waals surface area contributed by atoms with Gasteiger partial charge in [-0.2, -0.15) is 0 Å². The van der Waals surface area contributed by atoms with Crippen LogP contribution in [-0.4, -0.2) is 22.8 Å². The Morgan fingerprint density at radius 3 is 2.32 bits per heavy atom. The fraction of sp³-hybridized carbons (Fsp3) is 0.588. The lowest BCUT2D eigenvalue weighted by atomic mass is 9.81. The first-order valence-electron chi connectivity index (χ1n) is 8.04. The molecule has 2 rings (SSSR count). The van der Waals surface area contributed by atoms with Crippen LogP contribution in [0.3, 0.4) is 0 Å². The largest absolute Gasteiger partial charge is 0.354 e. The highest BCUT2D eigenvalue weighted by molar-refractivity contribution is 5.81. The van der Waals surface area contributed by atoms with E-state index in [0.29, 0.717) is 6.54 Å². The molecule has 1 aliphatic rings. The molecule has 2 amide bonds. The summed E-state index contributed by atoms with van der Waals surface area (Å²) >= 11 is 0. The van der Waals surface area contributed by atoms with E-state index in [2.05, 4.69) is 15.6 Å². The number of pyridine rings is 1. The van der Waals surface area contributed by atoms with Gasteiger partial charge in [0.1, 0.15) is 0 Å². The molecule has 1 saturated carbocycles. The highest BCUT2D eigenvalue weighted by Gasteiger charge is 2.29. The summed E-state index contributed by atoms with van der Waals surface area (Å²) in [5.41, 5.74) is 0.862. The van der Waals surface area contributed by atoms with Crippen LogP contribution in [-0.2, 0) is 16.1 Å². The molecule has 1 aromatic heterocycles. The molecule has 5 nitrogen and oxygen atoms in total. The molecule has 1 aromatic rings. The summed E-state index contributed by atoms with van der Waals surface area (Å²) in [6, 6.07) is 5.84. The molecule has 1 fully saturated rings. The van der Waals surface area contributed by atoms with E-state index in [0.717, 1.165) is 31.4 Å². The van der Waals surface area contributed by atoms with Crippen LogP contribution in [0.25, 0.3) is 0 Å².